The molecule has 94 valence electrons. The van der Waals surface area contributed by atoms with E-state index in [9.17, 15) is 0 Å². The van der Waals surface area contributed by atoms with Crippen molar-refractivity contribution in [3.8, 4) is 11.5 Å². The Bertz CT molecular complexity index is 538. The highest BCUT2D eigenvalue weighted by Crippen LogP contribution is 2.26. The molecular weight excluding hydrogens is 292 g/mol. The van der Waals surface area contributed by atoms with Crippen LogP contribution < -0.4 is 10.5 Å². The number of hydrogen-bond donors (Lipinski definition) is 1. The Morgan fingerprint density at radius 2 is 1.94 bits per heavy atom. The van der Waals surface area contributed by atoms with Crippen LogP contribution in [0.4, 0.5) is 0 Å². The van der Waals surface area contributed by atoms with E-state index in [0.29, 0.717) is 5.75 Å². The molecule has 18 heavy (non-hydrogen) atoms. The molecule has 4 heteroatoms. The van der Waals surface area contributed by atoms with Crippen molar-refractivity contribution in [2.45, 2.75) is 19.9 Å². The molecule has 2 N–H and O–H groups in total. The smallest absolute Gasteiger partial charge is 0.145 e. The summed E-state index contributed by atoms with van der Waals surface area (Å²) in [5, 5.41) is 0. The van der Waals surface area contributed by atoms with Crippen LogP contribution in [0.2, 0.25) is 0 Å². The summed E-state index contributed by atoms with van der Waals surface area (Å²) in [5.41, 5.74) is 7.73. The highest BCUT2D eigenvalue weighted by molar-refractivity contribution is 9.10. The van der Waals surface area contributed by atoms with E-state index in [2.05, 4.69) is 20.9 Å². The zero-order valence-corrected chi connectivity index (χ0v) is 11.9. The highest BCUT2D eigenvalue weighted by atomic mass is 79.9. The van der Waals surface area contributed by atoms with Crippen molar-refractivity contribution in [3.05, 3.63) is 52.3 Å². The Hall–Kier alpha value is -1.39. The summed E-state index contributed by atoms with van der Waals surface area (Å²) >= 11 is 3.46. The van der Waals surface area contributed by atoms with Gasteiger partial charge in [-0.2, -0.15) is 0 Å². The van der Waals surface area contributed by atoms with Crippen molar-refractivity contribution in [3.63, 3.8) is 0 Å². The molecule has 0 saturated carbocycles. The number of halogens is 1. The van der Waals surface area contributed by atoms with Crippen LogP contribution in [0.3, 0.4) is 0 Å². The zero-order chi connectivity index (χ0) is 13.1. The van der Waals surface area contributed by atoms with Crippen LogP contribution in [0.15, 0.2) is 41.0 Å². The second-order valence-corrected chi connectivity index (χ2v) is 5.07. The lowest BCUT2D eigenvalue weighted by Crippen LogP contribution is -2.06. The minimum absolute atomic E-state index is 0.0611. The molecule has 0 spiro atoms. The van der Waals surface area contributed by atoms with Crippen molar-refractivity contribution < 1.29 is 4.74 Å². The van der Waals surface area contributed by atoms with Gasteiger partial charge in [-0.05, 0) is 49.7 Å². The van der Waals surface area contributed by atoms with Crippen LogP contribution in [0, 0.1) is 6.92 Å². The number of nitrogens with two attached hydrogens (primary N) is 1. The average molecular weight is 307 g/mol. The molecule has 1 atom stereocenters. The van der Waals surface area contributed by atoms with E-state index < -0.39 is 0 Å². The van der Waals surface area contributed by atoms with E-state index in [1.165, 1.54) is 0 Å². The molecule has 0 bridgehead atoms. The van der Waals surface area contributed by atoms with Gasteiger partial charge in [-0.25, -0.2) is 0 Å². The number of rotatable bonds is 3. The van der Waals surface area contributed by atoms with E-state index in [0.717, 1.165) is 21.5 Å². The van der Waals surface area contributed by atoms with E-state index in [4.69, 9.17) is 10.5 Å². The Morgan fingerprint density at radius 3 is 2.50 bits per heavy atom. The molecular formula is C14H15BrN2O. The lowest BCUT2D eigenvalue weighted by Gasteiger charge is -2.09. The predicted octanol–water partition coefficient (Wildman–Crippen LogP) is 3.96. The molecule has 1 aromatic heterocycles. The third-order valence-corrected chi connectivity index (χ3v) is 3.48. The molecule has 2 aromatic rings. The first-order valence-electron chi connectivity index (χ1n) is 5.72. The molecule has 0 radical (unpaired) electrons. The maximum absolute atomic E-state index is 5.74. The van der Waals surface area contributed by atoms with Gasteiger partial charge in [0.05, 0.1) is 11.9 Å². The fraction of sp³-hybridized carbons (Fsp3) is 0.214. The Labute approximate surface area is 115 Å². The van der Waals surface area contributed by atoms with Gasteiger partial charge in [0.2, 0.25) is 0 Å². The Kier molecular flexibility index (Phi) is 3.99. The molecule has 1 heterocycles. The molecule has 0 aliphatic heterocycles. The fourth-order valence-corrected chi connectivity index (χ4v) is 1.78. The average Bonchev–Trinajstić information content (AvgIpc) is 2.34. The van der Waals surface area contributed by atoms with Crippen LogP contribution in [0.25, 0.3) is 0 Å². The number of hydrogen-bond acceptors (Lipinski definition) is 3. The number of benzene rings is 1. The van der Waals surface area contributed by atoms with Gasteiger partial charge >= 0.3 is 0 Å². The lowest BCUT2D eigenvalue weighted by atomic mass is 10.2. The lowest BCUT2D eigenvalue weighted by molar-refractivity contribution is 0.479. The number of pyridine rings is 1. The summed E-state index contributed by atoms with van der Waals surface area (Å²) in [6.45, 7) is 3.93. The quantitative estimate of drug-likeness (QED) is 0.933. The molecule has 1 aromatic carbocycles. The molecule has 0 saturated heterocycles. The van der Waals surface area contributed by atoms with Crippen molar-refractivity contribution in [2.75, 3.05) is 0 Å². The van der Waals surface area contributed by atoms with Gasteiger partial charge in [0, 0.05) is 10.5 Å². The molecule has 0 amide bonds. The summed E-state index contributed by atoms with van der Waals surface area (Å²) in [5.74, 6) is 1.51. The second kappa shape index (κ2) is 5.50. The van der Waals surface area contributed by atoms with Gasteiger partial charge < -0.3 is 10.5 Å². The predicted molar refractivity (Wildman–Crippen MR) is 75.8 cm³/mol. The van der Waals surface area contributed by atoms with Gasteiger partial charge in [-0.3, -0.25) is 4.98 Å². The van der Waals surface area contributed by atoms with Crippen LogP contribution in [0.1, 0.15) is 24.2 Å². The number of nitrogens with zero attached hydrogens (tertiary/aromatic N) is 1. The van der Waals surface area contributed by atoms with Crippen molar-refractivity contribution in [1.82, 2.24) is 4.98 Å². The molecule has 2 rings (SSSR count). The van der Waals surface area contributed by atoms with Gasteiger partial charge in [-0.1, -0.05) is 15.9 Å². The topological polar surface area (TPSA) is 48.1 Å². The van der Waals surface area contributed by atoms with Gasteiger partial charge in [0.25, 0.3) is 0 Å². The van der Waals surface area contributed by atoms with E-state index in [-0.39, 0.29) is 6.04 Å². The highest BCUT2D eigenvalue weighted by Gasteiger charge is 2.03. The first-order valence-corrected chi connectivity index (χ1v) is 6.51. The van der Waals surface area contributed by atoms with E-state index in [1.54, 1.807) is 6.20 Å². The normalized spacial score (nSPS) is 12.2. The standard InChI is InChI=1S/C14H15BrN2O/c1-9-7-11(3-5-13(9)15)18-12-4-6-14(10(2)16)17-8-12/h3-8,10H,16H2,1-2H3. The molecule has 0 aliphatic rings. The zero-order valence-electron chi connectivity index (χ0n) is 10.4. The van der Waals surface area contributed by atoms with Crippen LogP contribution >= 0.6 is 15.9 Å². The van der Waals surface area contributed by atoms with E-state index in [1.807, 2.05) is 44.2 Å². The summed E-state index contributed by atoms with van der Waals surface area (Å²) in [6, 6.07) is 9.55. The minimum atomic E-state index is -0.0611. The minimum Gasteiger partial charge on any atom is -0.456 e. The monoisotopic (exact) mass is 306 g/mol. The molecule has 1 unspecified atom stereocenters. The molecule has 0 fully saturated rings. The van der Waals surface area contributed by atoms with Crippen LogP contribution in [-0.4, -0.2) is 4.98 Å². The Morgan fingerprint density at radius 1 is 1.22 bits per heavy atom. The van der Waals surface area contributed by atoms with Crippen LogP contribution in [0.5, 0.6) is 11.5 Å². The third kappa shape index (κ3) is 3.09. The largest absolute Gasteiger partial charge is 0.456 e. The van der Waals surface area contributed by atoms with Crippen molar-refractivity contribution >= 4 is 15.9 Å². The van der Waals surface area contributed by atoms with E-state index >= 15 is 0 Å². The maximum Gasteiger partial charge on any atom is 0.145 e. The van der Waals surface area contributed by atoms with Crippen molar-refractivity contribution in [2.24, 2.45) is 5.73 Å². The van der Waals surface area contributed by atoms with Crippen molar-refractivity contribution in [1.29, 1.82) is 0 Å². The maximum atomic E-state index is 5.74. The number of ether oxygens (including phenoxy) is 1. The number of aromatic nitrogens is 1. The third-order valence-electron chi connectivity index (χ3n) is 2.59. The molecule has 3 nitrogen and oxygen atoms in total. The van der Waals surface area contributed by atoms with Crippen LogP contribution in [-0.2, 0) is 0 Å². The summed E-state index contributed by atoms with van der Waals surface area (Å²) in [7, 11) is 0. The fourth-order valence-electron chi connectivity index (χ4n) is 1.54. The first-order chi connectivity index (χ1) is 8.56. The first kappa shape index (κ1) is 13.1. The Balaban J connectivity index is 2.15. The van der Waals surface area contributed by atoms with Gasteiger partial charge in [-0.15, -0.1) is 0 Å². The summed E-state index contributed by atoms with van der Waals surface area (Å²) in [6.07, 6.45) is 1.69. The number of aryl methyl sites for hydroxylation is 1. The van der Waals surface area contributed by atoms with Gasteiger partial charge in [0.15, 0.2) is 0 Å². The van der Waals surface area contributed by atoms with Gasteiger partial charge in [0.1, 0.15) is 11.5 Å². The summed E-state index contributed by atoms with van der Waals surface area (Å²) < 4.78 is 6.79. The summed E-state index contributed by atoms with van der Waals surface area (Å²) in [4.78, 5) is 4.26. The SMILES string of the molecule is Cc1cc(Oc2ccc(C(C)N)nc2)ccc1Br. The molecule has 0 aliphatic carbocycles. The second-order valence-electron chi connectivity index (χ2n) is 4.22.